The van der Waals surface area contributed by atoms with E-state index in [0.29, 0.717) is 6.42 Å². The van der Waals surface area contributed by atoms with Gasteiger partial charge in [0.25, 0.3) is 0 Å². The molecule has 0 aromatic carbocycles. The quantitative estimate of drug-likeness (QED) is 0.389. The van der Waals surface area contributed by atoms with Gasteiger partial charge in [-0.15, -0.1) is 0 Å². The van der Waals surface area contributed by atoms with Gasteiger partial charge in [0, 0.05) is 6.42 Å². The lowest BCUT2D eigenvalue weighted by Crippen LogP contribution is -2.06. The molecular weight excluding hydrogens is 280 g/mol. The monoisotopic (exact) mass is 294 g/mol. The number of rotatable bonds is 6. The summed E-state index contributed by atoms with van der Waals surface area (Å²) in [6.07, 6.45) is -0.409. The number of alkyl halides is 4. The summed E-state index contributed by atoms with van der Waals surface area (Å²) in [7, 11) is 0. The predicted octanol–water partition coefficient (Wildman–Crippen LogP) is 4.32. The van der Waals surface area contributed by atoms with Crippen LogP contribution in [0.4, 0.5) is 13.2 Å². The normalized spacial score (nSPS) is 12.0. The third-order valence-corrected chi connectivity index (χ3v) is 2.36. The lowest BCUT2D eigenvalue weighted by molar-refractivity contribution is -0.135. The third kappa shape index (κ3) is 10.5. The van der Waals surface area contributed by atoms with Gasteiger partial charge in [-0.05, 0) is 17.3 Å². The van der Waals surface area contributed by atoms with Crippen LogP contribution in [0.5, 0.6) is 0 Å². The van der Waals surface area contributed by atoms with E-state index in [1.54, 1.807) is 0 Å². The number of unbranched alkanes of at least 4 members (excludes halogenated alkanes) is 4. The van der Waals surface area contributed by atoms with Crippen LogP contribution < -0.4 is 0 Å². The molecule has 0 amide bonds. The van der Waals surface area contributed by atoms with Crippen molar-refractivity contribution < 1.29 is 13.2 Å². The summed E-state index contributed by atoms with van der Waals surface area (Å²) in [6.45, 7) is 0. The first-order chi connectivity index (χ1) is 5.56. The lowest BCUT2D eigenvalue weighted by Gasteiger charge is -2.04. The van der Waals surface area contributed by atoms with Crippen LogP contribution in [-0.4, -0.2) is 10.6 Å². The van der Waals surface area contributed by atoms with E-state index in [0.717, 1.165) is 30.1 Å². The zero-order valence-electron chi connectivity index (χ0n) is 6.96. The van der Waals surface area contributed by atoms with Gasteiger partial charge in [-0.3, -0.25) is 0 Å². The number of hydrogen-bond donors (Lipinski definition) is 0. The Balaban J connectivity index is 3.01. The van der Waals surface area contributed by atoms with Gasteiger partial charge in [0.1, 0.15) is 0 Å². The van der Waals surface area contributed by atoms with Crippen molar-refractivity contribution in [2.45, 2.75) is 44.7 Å². The highest BCUT2D eigenvalue weighted by atomic mass is 127. The average Bonchev–Trinajstić information content (AvgIpc) is 1.94. The van der Waals surface area contributed by atoms with Gasteiger partial charge in [-0.2, -0.15) is 13.2 Å². The minimum Gasteiger partial charge on any atom is -0.171 e. The molecule has 74 valence electrons. The van der Waals surface area contributed by atoms with Gasteiger partial charge < -0.3 is 0 Å². The van der Waals surface area contributed by atoms with Crippen LogP contribution in [0.3, 0.4) is 0 Å². The molecule has 0 aliphatic carbocycles. The highest BCUT2D eigenvalue weighted by Gasteiger charge is 2.25. The Hall–Kier alpha value is 0.520. The van der Waals surface area contributed by atoms with Crippen molar-refractivity contribution >= 4 is 22.6 Å². The molecule has 0 heterocycles. The zero-order valence-corrected chi connectivity index (χ0v) is 9.12. The van der Waals surface area contributed by atoms with Crippen molar-refractivity contribution in [2.24, 2.45) is 0 Å². The van der Waals surface area contributed by atoms with Crippen LogP contribution in [0, 0.1) is 0 Å². The van der Waals surface area contributed by atoms with E-state index < -0.39 is 12.6 Å². The number of hydrogen-bond acceptors (Lipinski definition) is 0. The fourth-order valence-corrected chi connectivity index (χ4v) is 1.49. The molecule has 0 aromatic heterocycles. The summed E-state index contributed by atoms with van der Waals surface area (Å²) in [5, 5.41) is 0. The molecule has 0 bridgehead atoms. The molecule has 12 heavy (non-hydrogen) atoms. The fraction of sp³-hybridized carbons (Fsp3) is 1.00. The van der Waals surface area contributed by atoms with Crippen molar-refractivity contribution in [3.8, 4) is 0 Å². The molecule has 0 aliphatic heterocycles. The van der Waals surface area contributed by atoms with Crippen LogP contribution >= 0.6 is 22.6 Å². The van der Waals surface area contributed by atoms with E-state index in [1.165, 1.54) is 0 Å². The molecule has 0 spiro atoms. The van der Waals surface area contributed by atoms with Crippen molar-refractivity contribution in [1.29, 1.82) is 0 Å². The summed E-state index contributed by atoms with van der Waals surface area (Å²) < 4.78 is 36.0. The largest absolute Gasteiger partial charge is 0.389 e. The molecule has 0 fully saturated rings. The van der Waals surface area contributed by atoms with Gasteiger partial charge in [-0.25, -0.2) is 0 Å². The smallest absolute Gasteiger partial charge is 0.171 e. The summed E-state index contributed by atoms with van der Waals surface area (Å²) in [6, 6.07) is 0. The van der Waals surface area contributed by atoms with Crippen LogP contribution in [0.25, 0.3) is 0 Å². The van der Waals surface area contributed by atoms with E-state index in [4.69, 9.17) is 0 Å². The maximum atomic E-state index is 11.6. The van der Waals surface area contributed by atoms with Crippen molar-refractivity contribution in [2.75, 3.05) is 4.43 Å². The highest BCUT2D eigenvalue weighted by molar-refractivity contribution is 14.1. The van der Waals surface area contributed by atoms with Crippen LogP contribution in [0.15, 0.2) is 0 Å². The Kier molecular flexibility index (Phi) is 7.28. The highest BCUT2D eigenvalue weighted by Crippen LogP contribution is 2.22. The van der Waals surface area contributed by atoms with Gasteiger partial charge in [-0.1, -0.05) is 41.9 Å². The van der Waals surface area contributed by atoms with Crippen LogP contribution in [0.2, 0.25) is 0 Å². The van der Waals surface area contributed by atoms with E-state index >= 15 is 0 Å². The molecule has 0 nitrogen and oxygen atoms in total. The molecule has 0 rings (SSSR count). The molecule has 0 saturated carbocycles. The summed E-state index contributed by atoms with van der Waals surface area (Å²) in [5.41, 5.74) is 0. The standard InChI is InChI=1S/C8H14F3I/c9-8(10,11)6-4-2-1-3-5-7-12/h1-7H2. The molecule has 0 radical (unpaired) electrons. The Morgan fingerprint density at radius 2 is 1.33 bits per heavy atom. The Morgan fingerprint density at radius 1 is 0.833 bits per heavy atom. The molecule has 0 atom stereocenters. The maximum Gasteiger partial charge on any atom is 0.389 e. The second-order valence-corrected chi connectivity index (χ2v) is 3.90. The topological polar surface area (TPSA) is 0 Å². The maximum absolute atomic E-state index is 11.6. The summed E-state index contributed by atoms with van der Waals surface area (Å²) in [4.78, 5) is 0. The van der Waals surface area contributed by atoms with Gasteiger partial charge in [0.05, 0.1) is 0 Å². The Bertz CT molecular complexity index is 101. The fourth-order valence-electron chi connectivity index (χ4n) is 0.950. The minimum atomic E-state index is -3.96. The minimum absolute atomic E-state index is 0.296. The van der Waals surface area contributed by atoms with E-state index in [1.807, 2.05) is 0 Å². The first kappa shape index (κ1) is 12.5. The molecule has 0 unspecified atom stereocenters. The van der Waals surface area contributed by atoms with Gasteiger partial charge in [0.2, 0.25) is 0 Å². The second kappa shape index (κ2) is 6.97. The van der Waals surface area contributed by atoms with Crippen LogP contribution in [-0.2, 0) is 0 Å². The lowest BCUT2D eigenvalue weighted by atomic mass is 10.1. The van der Waals surface area contributed by atoms with E-state index in [-0.39, 0.29) is 0 Å². The molecule has 0 aliphatic rings. The van der Waals surface area contributed by atoms with Crippen molar-refractivity contribution in [3.05, 3.63) is 0 Å². The third-order valence-electron chi connectivity index (χ3n) is 1.59. The van der Waals surface area contributed by atoms with E-state index in [9.17, 15) is 13.2 Å². The zero-order chi connectivity index (χ0) is 9.45. The Labute approximate surface area is 85.1 Å². The molecule has 0 N–H and O–H groups in total. The summed E-state index contributed by atoms with van der Waals surface area (Å²) >= 11 is 2.28. The number of halogens is 4. The van der Waals surface area contributed by atoms with Crippen molar-refractivity contribution in [1.82, 2.24) is 0 Å². The first-order valence-electron chi connectivity index (χ1n) is 4.19. The van der Waals surface area contributed by atoms with Crippen LogP contribution in [0.1, 0.15) is 38.5 Å². The predicted molar refractivity (Wildman–Crippen MR) is 52.6 cm³/mol. The van der Waals surface area contributed by atoms with Gasteiger partial charge >= 0.3 is 6.18 Å². The Morgan fingerprint density at radius 3 is 1.83 bits per heavy atom. The molecule has 0 aromatic rings. The first-order valence-corrected chi connectivity index (χ1v) is 5.71. The van der Waals surface area contributed by atoms with Gasteiger partial charge in [0.15, 0.2) is 0 Å². The van der Waals surface area contributed by atoms with E-state index in [2.05, 4.69) is 22.6 Å². The summed E-state index contributed by atoms with van der Waals surface area (Å²) in [5.74, 6) is 0. The SMILES string of the molecule is FC(F)(F)CCCCCCCI. The average molecular weight is 294 g/mol. The molecule has 4 heteroatoms. The van der Waals surface area contributed by atoms with Crippen molar-refractivity contribution in [3.63, 3.8) is 0 Å². The second-order valence-electron chi connectivity index (χ2n) is 2.82. The molecule has 0 saturated heterocycles. The molecular formula is C8H14F3I.